The van der Waals surface area contributed by atoms with E-state index in [1.165, 1.54) is 25.7 Å². The summed E-state index contributed by atoms with van der Waals surface area (Å²) >= 11 is 0. The average Bonchev–Trinajstić information content (AvgIpc) is 3.06. The minimum absolute atomic E-state index is 0. The predicted molar refractivity (Wildman–Crippen MR) is 109 cm³/mol. The molecule has 150 valence electrons. The van der Waals surface area contributed by atoms with Crippen LogP contribution in [0.3, 0.4) is 0 Å². The van der Waals surface area contributed by atoms with Gasteiger partial charge in [0.15, 0.2) is 23.4 Å². The van der Waals surface area contributed by atoms with E-state index in [2.05, 4.69) is 20.5 Å². The Labute approximate surface area is 173 Å². The molecule has 1 saturated heterocycles. The first-order valence-corrected chi connectivity index (χ1v) is 8.88. The molecule has 1 aromatic carbocycles. The van der Waals surface area contributed by atoms with Crippen LogP contribution in [-0.4, -0.2) is 43.4 Å². The normalized spacial score (nSPS) is 22.1. The molecule has 2 N–H and O–H groups in total. The summed E-state index contributed by atoms with van der Waals surface area (Å²) < 4.78 is 39.8. The van der Waals surface area contributed by atoms with Gasteiger partial charge in [-0.05, 0) is 36.8 Å². The molecule has 2 aliphatic rings. The van der Waals surface area contributed by atoms with E-state index in [-0.39, 0.29) is 30.5 Å². The molecule has 0 bridgehead atoms. The van der Waals surface area contributed by atoms with E-state index in [4.69, 9.17) is 0 Å². The molecular formula is C18H24F3IN4O. The summed E-state index contributed by atoms with van der Waals surface area (Å²) in [4.78, 5) is 18.4. The Morgan fingerprint density at radius 3 is 2.37 bits per heavy atom. The average molecular weight is 496 g/mol. The molecule has 3 rings (SSSR count). The lowest BCUT2D eigenvalue weighted by atomic mass is 9.82. The lowest BCUT2D eigenvalue weighted by Crippen LogP contribution is -2.43. The third-order valence-corrected chi connectivity index (χ3v) is 5.20. The summed E-state index contributed by atoms with van der Waals surface area (Å²) in [5.41, 5.74) is -0.391. The third-order valence-electron chi connectivity index (χ3n) is 5.20. The molecule has 1 saturated carbocycles. The van der Waals surface area contributed by atoms with Gasteiger partial charge in [-0.25, -0.2) is 13.2 Å². The number of nitrogens with zero attached hydrogens (tertiary/aromatic N) is 2. The van der Waals surface area contributed by atoms with Gasteiger partial charge in [-0.15, -0.1) is 24.0 Å². The number of fused-ring (bicyclic) bond motifs is 1. The zero-order valence-electron chi connectivity index (χ0n) is 15.1. The molecule has 1 aliphatic heterocycles. The number of anilines is 1. The smallest absolute Gasteiger partial charge is 0.243 e. The van der Waals surface area contributed by atoms with Crippen LogP contribution >= 0.6 is 24.0 Å². The minimum atomic E-state index is -1.61. The Kier molecular flexibility index (Phi) is 7.75. The van der Waals surface area contributed by atoms with Crippen LogP contribution in [0.25, 0.3) is 0 Å². The van der Waals surface area contributed by atoms with Crippen molar-refractivity contribution in [2.45, 2.75) is 25.7 Å². The Morgan fingerprint density at radius 1 is 1.15 bits per heavy atom. The number of guanidine groups is 1. The molecule has 0 spiro atoms. The van der Waals surface area contributed by atoms with Crippen LogP contribution in [0.5, 0.6) is 0 Å². The number of carbonyl (C=O) groups excluding carboxylic acids is 1. The lowest BCUT2D eigenvalue weighted by Gasteiger charge is -2.22. The van der Waals surface area contributed by atoms with Crippen molar-refractivity contribution in [1.29, 1.82) is 0 Å². The predicted octanol–water partition coefficient (Wildman–Crippen LogP) is 3.36. The molecule has 2 atom stereocenters. The van der Waals surface area contributed by atoms with E-state index >= 15 is 0 Å². The SMILES string of the molecule is CN=C(NCC(=O)Nc1ccc(F)c(F)c1F)N1CC2CCCCC2C1.I. The number of aliphatic imine (C=N–C) groups is 1. The molecular weight excluding hydrogens is 472 g/mol. The summed E-state index contributed by atoms with van der Waals surface area (Å²) in [6, 6.07) is 1.76. The maximum Gasteiger partial charge on any atom is 0.243 e. The zero-order valence-corrected chi connectivity index (χ0v) is 17.4. The highest BCUT2D eigenvalue weighted by Gasteiger charge is 2.35. The van der Waals surface area contributed by atoms with Crippen LogP contribution in [0.15, 0.2) is 17.1 Å². The van der Waals surface area contributed by atoms with Crippen molar-refractivity contribution in [2.75, 3.05) is 32.0 Å². The topological polar surface area (TPSA) is 56.7 Å². The van der Waals surface area contributed by atoms with Gasteiger partial charge < -0.3 is 15.5 Å². The molecule has 5 nitrogen and oxygen atoms in total. The molecule has 1 aromatic rings. The van der Waals surface area contributed by atoms with E-state index < -0.39 is 29.0 Å². The maximum absolute atomic E-state index is 13.6. The molecule has 1 aliphatic carbocycles. The van der Waals surface area contributed by atoms with Crippen molar-refractivity contribution in [2.24, 2.45) is 16.8 Å². The molecule has 27 heavy (non-hydrogen) atoms. The number of rotatable bonds is 3. The van der Waals surface area contributed by atoms with Gasteiger partial charge in [0.05, 0.1) is 12.2 Å². The van der Waals surface area contributed by atoms with Crippen LogP contribution in [0.2, 0.25) is 0 Å². The Hall–Kier alpha value is -1.52. The highest BCUT2D eigenvalue weighted by atomic mass is 127. The van der Waals surface area contributed by atoms with E-state index in [0.717, 1.165) is 25.2 Å². The molecule has 0 aromatic heterocycles. The molecule has 1 heterocycles. The maximum atomic E-state index is 13.6. The minimum Gasteiger partial charge on any atom is -0.347 e. The fourth-order valence-corrected chi connectivity index (χ4v) is 3.89. The quantitative estimate of drug-likeness (QED) is 0.292. The highest BCUT2D eigenvalue weighted by Crippen LogP contribution is 2.35. The first-order chi connectivity index (χ1) is 12.5. The first-order valence-electron chi connectivity index (χ1n) is 8.88. The molecule has 0 radical (unpaired) electrons. The first kappa shape index (κ1) is 21.8. The second kappa shape index (κ2) is 9.61. The van der Waals surface area contributed by atoms with Gasteiger partial charge in [0, 0.05) is 20.1 Å². The van der Waals surface area contributed by atoms with Crippen LogP contribution in [0.4, 0.5) is 18.9 Å². The van der Waals surface area contributed by atoms with Crippen molar-refractivity contribution in [3.8, 4) is 0 Å². The summed E-state index contributed by atoms with van der Waals surface area (Å²) in [5, 5.41) is 5.20. The molecule has 9 heteroatoms. The van der Waals surface area contributed by atoms with Crippen molar-refractivity contribution < 1.29 is 18.0 Å². The number of hydrogen-bond donors (Lipinski definition) is 2. The number of halogens is 4. The van der Waals surface area contributed by atoms with Crippen LogP contribution in [0, 0.1) is 29.3 Å². The number of likely N-dealkylation sites (tertiary alicyclic amines) is 1. The molecule has 1 amide bonds. The van der Waals surface area contributed by atoms with Crippen LogP contribution in [0.1, 0.15) is 25.7 Å². The fourth-order valence-electron chi connectivity index (χ4n) is 3.89. The Balaban J connectivity index is 0.00000261. The van der Waals surface area contributed by atoms with E-state index in [0.29, 0.717) is 17.8 Å². The van der Waals surface area contributed by atoms with Crippen molar-refractivity contribution >= 4 is 41.5 Å². The lowest BCUT2D eigenvalue weighted by molar-refractivity contribution is -0.115. The van der Waals surface area contributed by atoms with Gasteiger partial charge in [0.2, 0.25) is 5.91 Å². The van der Waals surface area contributed by atoms with Gasteiger partial charge in [-0.1, -0.05) is 12.8 Å². The second-order valence-corrected chi connectivity index (χ2v) is 6.88. The van der Waals surface area contributed by atoms with E-state index in [1.807, 2.05) is 0 Å². The van der Waals surface area contributed by atoms with Gasteiger partial charge in [-0.3, -0.25) is 9.79 Å². The summed E-state index contributed by atoms with van der Waals surface area (Å²) in [7, 11) is 1.65. The standard InChI is InChI=1S/C18H23F3N4O.HI/c1-22-18(25-9-11-4-2-3-5-12(11)10-25)23-8-15(26)24-14-7-6-13(19)16(20)17(14)21;/h6-7,11-12H,2-5,8-10H2,1H3,(H,22,23)(H,24,26);1H. The summed E-state index contributed by atoms with van der Waals surface area (Å²) in [5.74, 6) is -2.90. The summed E-state index contributed by atoms with van der Waals surface area (Å²) in [6.07, 6.45) is 4.99. The third kappa shape index (κ3) is 5.05. The van der Waals surface area contributed by atoms with Crippen molar-refractivity contribution in [3.63, 3.8) is 0 Å². The zero-order chi connectivity index (χ0) is 18.7. The number of amides is 1. The van der Waals surface area contributed by atoms with Gasteiger partial charge in [0.25, 0.3) is 0 Å². The largest absolute Gasteiger partial charge is 0.347 e. The van der Waals surface area contributed by atoms with Crippen molar-refractivity contribution in [1.82, 2.24) is 10.2 Å². The summed E-state index contributed by atoms with van der Waals surface area (Å²) in [6.45, 7) is 1.70. The van der Waals surface area contributed by atoms with E-state index in [1.54, 1.807) is 7.05 Å². The monoisotopic (exact) mass is 496 g/mol. The molecule has 2 unspecified atom stereocenters. The number of nitrogens with one attached hydrogen (secondary N) is 2. The number of hydrogen-bond acceptors (Lipinski definition) is 2. The van der Waals surface area contributed by atoms with Gasteiger partial charge in [-0.2, -0.15) is 0 Å². The van der Waals surface area contributed by atoms with Gasteiger partial charge >= 0.3 is 0 Å². The van der Waals surface area contributed by atoms with Crippen LogP contribution < -0.4 is 10.6 Å². The number of carbonyl (C=O) groups is 1. The van der Waals surface area contributed by atoms with E-state index in [9.17, 15) is 18.0 Å². The Morgan fingerprint density at radius 2 is 1.78 bits per heavy atom. The number of benzene rings is 1. The molecule has 2 fully saturated rings. The Bertz CT molecular complexity index is 702. The second-order valence-electron chi connectivity index (χ2n) is 6.88. The highest BCUT2D eigenvalue weighted by molar-refractivity contribution is 14.0. The van der Waals surface area contributed by atoms with Crippen molar-refractivity contribution in [3.05, 3.63) is 29.6 Å². The van der Waals surface area contributed by atoms with Crippen LogP contribution in [-0.2, 0) is 4.79 Å². The van der Waals surface area contributed by atoms with Gasteiger partial charge in [0.1, 0.15) is 0 Å². The fraction of sp³-hybridized carbons (Fsp3) is 0.556.